The van der Waals surface area contributed by atoms with Crippen LogP contribution in [0.4, 0.5) is 0 Å². The predicted molar refractivity (Wildman–Crippen MR) is 56.9 cm³/mol. The van der Waals surface area contributed by atoms with Crippen LogP contribution >= 0.6 is 11.6 Å². The van der Waals surface area contributed by atoms with Crippen molar-refractivity contribution in [2.24, 2.45) is 17.3 Å². The maximum atomic E-state index is 11.9. The third-order valence-corrected chi connectivity index (χ3v) is 4.52. The van der Waals surface area contributed by atoms with E-state index in [1.807, 2.05) is 0 Å². The van der Waals surface area contributed by atoms with E-state index in [9.17, 15) is 9.59 Å². The van der Waals surface area contributed by atoms with Gasteiger partial charge in [0.2, 0.25) is 0 Å². The molecule has 0 aromatic rings. The summed E-state index contributed by atoms with van der Waals surface area (Å²) in [5.41, 5.74) is -1.10. The molecule has 2 rings (SSSR count). The van der Waals surface area contributed by atoms with Crippen LogP contribution in [0.1, 0.15) is 19.3 Å². The van der Waals surface area contributed by atoms with E-state index in [1.54, 1.807) is 0 Å². The molecule has 0 heterocycles. The van der Waals surface area contributed by atoms with Crippen molar-refractivity contribution in [3.63, 3.8) is 0 Å². The molecule has 2 aliphatic carbocycles. The Morgan fingerprint density at radius 1 is 1.19 bits per heavy atom. The molecule has 0 aliphatic heterocycles. The number of rotatable bonds is 2. The number of hydrogen-bond donors (Lipinski definition) is 0. The average molecular weight is 247 g/mol. The van der Waals surface area contributed by atoms with Crippen LogP contribution in [0, 0.1) is 17.3 Å². The first-order valence-electron chi connectivity index (χ1n) is 5.37. The molecule has 4 nitrogen and oxygen atoms in total. The maximum absolute atomic E-state index is 11.9. The van der Waals surface area contributed by atoms with Gasteiger partial charge >= 0.3 is 11.9 Å². The fourth-order valence-corrected chi connectivity index (χ4v) is 3.62. The molecule has 0 saturated heterocycles. The van der Waals surface area contributed by atoms with E-state index >= 15 is 0 Å². The highest BCUT2D eigenvalue weighted by Gasteiger charge is 2.64. The van der Waals surface area contributed by atoms with Gasteiger partial charge in [0.25, 0.3) is 0 Å². The number of fused-ring (bicyclic) bond motifs is 2. The maximum Gasteiger partial charge on any atom is 0.323 e. The lowest BCUT2D eigenvalue weighted by atomic mass is 9.73. The van der Waals surface area contributed by atoms with Gasteiger partial charge in [-0.3, -0.25) is 9.59 Å². The second kappa shape index (κ2) is 3.91. The van der Waals surface area contributed by atoms with Crippen LogP contribution in [-0.4, -0.2) is 31.5 Å². The van der Waals surface area contributed by atoms with Crippen molar-refractivity contribution in [3.05, 3.63) is 0 Å². The molecule has 5 heteroatoms. The SMILES string of the molecule is COC(=O)C1(C(=O)OC)CC2CC1CC2Cl. The number of methoxy groups -OCH3 is 2. The number of hydrogen-bond acceptors (Lipinski definition) is 4. The molecule has 2 saturated carbocycles. The van der Waals surface area contributed by atoms with E-state index in [2.05, 4.69) is 0 Å². The highest BCUT2D eigenvalue weighted by Crippen LogP contribution is 2.58. The third-order valence-electron chi connectivity index (χ3n) is 3.99. The molecule has 16 heavy (non-hydrogen) atoms. The van der Waals surface area contributed by atoms with Gasteiger partial charge < -0.3 is 9.47 Å². The topological polar surface area (TPSA) is 52.6 Å². The molecule has 0 N–H and O–H groups in total. The summed E-state index contributed by atoms with van der Waals surface area (Å²) in [5, 5.41) is 0.0763. The lowest BCUT2D eigenvalue weighted by molar-refractivity contribution is -0.173. The molecular formula is C11H15ClO4. The van der Waals surface area contributed by atoms with E-state index in [-0.39, 0.29) is 17.2 Å². The summed E-state index contributed by atoms with van der Waals surface area (Å²) in [5.74, 6) is -0.754. The molecule has 0 aromatic heterocycles. The van der Waals surface area contributed by atoms with Crippen molar-refractivity contribution in [1.82, 2.24) is 0 Å². The van der Waals surface area contributed by atoms with Crippen molar-refractivity contribution in [3.8, 4) is 0 Å². The lowest BCUT2D eigenvalue weighted by Gasteiger charge is -2.33. The summed E-state index contributed by atoms with van der Waals surface area (Å²) in [6.07, 6.45) is 1.97. The van der Waals surface area contributed by atoms with Gasteiger partial charge in [-0.25, -0.2) is 0 Å². The zero-order chi connectivity index (χ0) is 11.9. The second-order valence-corrected chi connectivity index (χ2v) is 5.16. The Kier molecular flexibility index (Phi) is 2.86. The van der Waals surface area contributed by atoms with Crippen LogP contribution in [0.3, 0.4) is 0 Å². The minimum absolute atomic E-state index is 0.0279. The van der Waals surface area contributed by atoms with Gasteiger partial charge in [-0.2, -0.15) is 0 Å². The molecule has 2 bridgehead atoms. The molecule has 0 spiro atoms. The van der Waals surface area contributed by atoms with Gasteiger partial charge in [0.05, 0.1) is 14.2 Å². The second-order valence-electron chi connectivity index (χ2n) is 4.60. The molecule has 2 aliphatic rings. The van der Waals surface area contributed by atoms with Crippen molar-refractivity contribution < 1.29 is 19.1 Å². The predicted octanol–water partition coefficient (Wildman–Crippen LogP) is 1.36. The Balaban J connectivity index is 2.32. The highest BCUT2D eigenvalue weighted by atomic mass is 35.5. The standard InChI is InChI=1S/C11H15ClO4/c1-15-9(13)11(10(14)16-2)5-6-3-7(11)4-8(6)12/h6-8H,3-5H2,1-2H3. The van der Waals surface area contributed by atoms with Crippen LogP contribution < -0.4 is 0 Å². The Hall–Kier alpha value is -0.770. The summed E-state index contributed by atoms with van der Waals surface area (Å²) >= 11 is 6.13. The average Bonchev–Trinajstić information content (AvgIpc) is 2.83. The number of carbonyl (C=O) groups excluding carboxylic acids is 2. The Morgan fingerprint density at radius 3 is 2.06 bits per heavy atom. The quantitative estimate of drug-likeness (QED) is 0.419. The van der Waals surface area contributed by atoms with E-state index in [1.165, 1.54) is 14.2 Å². The summed E-state index contributed by atoms with van der Waals surface area (Å²) in [6.45, 7) is 0. The van der Waals surface area contributed by atoms with Crippen LogP contribution in [0.15, 0.2) is 0 Å². The fraction of sp³-hybridized carbons (Fsp3) is 0.818. The number of alkyl halides is 1. The minimum Gasteiger partial charge on any atom is -0.468 e. The number of esters is 2. The van der Waals surface area contributed by atoms with Gasteiger partial charge in [0.1, 0.15) is 0 Å². The Bertz CT molecular complexity index is 310. The smallest absolute Gasteiger partial charge is 0.323 e. The first kappa shape index (κ1) is 11.7. The van der Waals surface area contributed by atoms with Crippen LogP contribution in [0.25, 0.3) is 0 Å². The minimum atomic E-state index is -1.10. The molecule has 3 unspecified atom stereocenters. The van der Waals surface area contributed by atoms with E-state index in [0.29, 0.717) is 12.8 Å². The molecule has 0 aromatic carbocycles. The molecule has 0 amide bonds. The molecular weight excluding hydrogens is 232 g/mol. The van der Waals surface area contributed by atoms with E-state index in [0.717, 1.165) is 6.42 Å². The van der Waals surface area contributed by atoms with Crippen LogP contribution in [-0.2, 0) is 19.1 Å². The van der Waals surface area contributed by atoms with Crippen molar-refractivity contribution in [2.45, 2.75) is 24.6 Å². The molecule has 0 radical (unpaired) electrons. The summed E-state index contributed by atoms with van der Waals surface area (Å²) in [7, 11) is 2.61. The monoisotopic (exact) mass is 246 g/mol. The number of ether oxygens (including phenoxy) is 2. The van der Waals surface area contributed by atoms with Gasteiger partial charge in [-0.15, -0.1) is 11.6 Å². The zero-order valence-electron chi connectivity index (χ0n) is 9.36. The van der Waals surface area contributed by atoms with Gasteiger partial charge in [0, 0.05) is 5.38 Å². The van der Waals surface area contributed by atoms with Crippen molar-refractivity contribution >= 4 is 23.5 Å². The highest BCUT2D eigenvalue weighted by molar-refractivity contribution is 6.21. The first-order chi connectivity index (χ1) is 7.56. The first-order valence-corrected chi connectivity index (χ1v) is 5.80. The third kappa shape index (κ3) is 1.35. The largest absolute Gasteiger partial charge is 0.468 e. The van der Waals surface area contributed by atoms with Crippen molar-refractivity contribution in [1.29, 1.82) is 0 Å². The molecule has 3 atom stereocenters. The van der Waals surface area contributed by atoms with Crippen molar-refractivity contribution in [2.75, 3.05) is 14.2 Å². The Morgan fingerprint density at radius 2 is 1.75 bits per heavy atom. The lowest BCUT2D eigenvalue weighted by Crippen LogP contribution is -2.46. The molecule has 2 fully saturated rings. The molecule has 90 valence electrons. The number of halogens is 1. The van der Waals surface area contributed by atoms with Crippen LogP contribution in [0.2, 0.25) is 0 Å². The summed E-state index contributed by atoms with van der Waals surface area (Å²) in [4.78, 5) is 23.7. The van der Waals surface area contributed by atoms with Crippen LogP contribution in [0.5, 0.6) is 0 Å². The zero-order valence-corrected chi connectivity index (χ0v) is 10.1. The number of carbonyl (C=O) groups is 2. The summed E-state index contributed by atoms with van der Waals surface area (Å²) < 4.78 is 9.53. The fourth-order valence-electron chi connectivity index (χ4n) is 3.21. The van der Waals surface area contributed by atoms with Gasteiger partial charge in [-0.05, 0) is 31.1 Å². The van der Waals surface area contributed by atoms with E-state index < -0.39 is 17.4 Å². The van der Waals surface area contributed by atoms with Gasteiger partial charge in [0.15, 0.2) is 5.41 Å². The van der Waals surface area contributed by atoms with Gasteiger partial charge in [-0.1, -0.05) is 0 Å². The Labute approximate surface area is 99.2 Å². The van der Waals surface area contributed by atoms with E-state index in [4.69, 9.17) is 21.1 Å². The normalized spacial score (nSPS) is 34.8. The summed E-state index contributed by atoms with van der Waals surface area (Å²) in [6, 6.07) is 0.